The monoisotopic (exact) mass is 224 g/mol. The number of rotatable bonds is 6. The molecule has 0 aliphatic heterocycles. The Morgan fingerprint density at radius 2 is 1.62 bits per heavy atom. The molecule has 0 atom stereocenters. The van der Waals surface area contributed by atoms with Crippen LogP contribution in [0.25, 0.3) is 0 Å². The molecule has 0 spiro atoms. The summed E-state index contributed by atoms with van der Waals surface area (Å²) in [6.07, 6.45) is 9.49. The molecule has 2 aromatic heterocycles. The highest BCUT2D eigenvalue weighted by Gasteiger charge is 2.12. The minimum absolute atomic E-state index is 0.466. The van der Waals surface area contributed by atoms with E-state index in [0.29, 0.717) is 6.61 Å². The van der Waals surface area contributed by atoms with Gasteiger partial charge >= 0.3 is 6.48 Å². The molecule has 0 bridgehead atoms. The van der Waals surface area contributed by atoms with Crippen LogP contribution in [-0.2, 0) is 4.74 Å². The van der Waals surface area contributed by atoms with Crippen molar-refractivity contribution < 1.29 is 14.4 Å². The third-order valence-corrected chi connectivity index (χ3v) is 1.68. The van der Waals surface area contributed by atoms with Gasteiger partial charge in [-0.1, -0.05) is 0 Å². The third-order valence-electron chi connectivity index (χ3n) is 1.68. The summed E-state index contributed by atoms with van der Waals surface area (Å²) in [4.78, 5) is 18.3. The predicted octanol–water partition coefficient (Wildman–Crippen LogP) is -0.0429. The van der Waals surface area contributed by atoms with Crippen LogP contribution in [0.4, 0.5) is 0 Å². The molecule has 0 radical (unpaired) electrons. The van der Waals surface area contributed by atoms with Gasteiger partial charge in [-0.05, 0) is 6.92 Å². The van der Waals surface area contributed by atoms with Gasteiger partial charge in [-0.2, -0.15) is 9.46 Å². The van der Waals surface area contributed by atoms with E-state index in [1.165, 1.54) is 22.1 Å². The predicted molar refractivity (Wildman–Crippen MR) is 53.0 cm³/mol. The van der Waals surface area contributed by atoms with E-state index in [1.807, 2.05) is 6.92 Å². The average Bonchev–Trinajstić information content (AvgIpc) is 2.91. The standard InChI is InChI=1S/C9H12N4O3/c1-2-14-9(15-12-5-3-10-7-12)16-13-6-4-11-8-13/h3-9H,2H2,1H3. The largest absolute Gasteiger partial charge is 0.399 e. The van der Waals surface area contributed by atoms with Crippen molar-refractivity contribution in [3.05, 3.63) is 37.4 Å². The van der Waals surface area contributed by atoms with Crippen molar-refractivity contribution in [2.75, 3.05) is 6.61 Å². The molecular weight excluding hydrogens is 212 g/mol. The molecule has 0 aromatic carbocycles. The number of ether oxygens (including phenoxy) is 1. The summed E-state index contributed by atoms with van der Waals surface area (Å²) in [5.74, 6) is 0. The fourth-order valence-electron chi connectivity index (χ4n) is 1.03. The fourth-order valence-corrected chi connectivity index (χ4v) is 1.03. The first-order chi connectivity index (χ1) is 7.88. The Balaban J connectivity index is 1.94. The Morgan fingerprint density at radius 1 is 1.06 bits per heavy atom. The first-order valence-electron chi connectivity index (χ1n) is 4.80. The van der Waals surface area contributed by atoms with E-state index in [2.05, 4.69) is 9.97 Å². The Kier molecular flexibility index (Phi) is 3.39. The molecule has 0 unspecified atom stereocenters. The van der Waals surface area contributed by atoms with Crippen molar-refractivity contribution in [3.63, 3.8) is 0 Å². The summed E-state index contributed by atoms with van der Waals surface area (Å²) in [7, 11) is 0. The molecule has 0 saturated carbocycles. The number of hydrogen-bond donors (Lipinski definition) is 0. The lowest BCUT2D eigenvalue weighted by atomic mass is 10.9. The van der Waals surface area contributed by atoms with Crippen molar-refractivity contribution in [1.82, 2.24) is 19.4 Å². The van der Waals surface area contributed by atoms with Crippen LogP contribution in [0.5, 0.6) is 0 Å². The molecule has 2 heterocycles. The molecule has 7 heteroatoms. The maximum absolute atomic E-state index is 5.33. The van der Waals surface area contributed by atoms with Gasteiger partial charge in [0.15, 0.2) is 0 Å². The number of imidazole rings is 2. The molecule has 0 fully saturated rings. The van der Waals surface area contributed by atoms with Gasteiger partial charge in [0.2, 0.25) is 0 Å². The van der Waals surface area contributed by atoms with Crippen LogP contribution in [0.3, 0.4) is 0 Å². The van der Waals surface area contributed by atoms with Crippen LogP contribution in [0.1, 0.15) is 6.92 Å². The van der Waals surface area contributed by atoms with Gasteiger partial charge in [-0.15, -0.1) is 0 Å². The molecule has 0 saturated heterocycles. The van der Waals surface area contributed by atoms with Gasteiger partial charge in [0, 0.05) is 12.4 Å². The lowest BCUT2D eigenvalue weighted by molar-refractivity contribution is -0.285. The summed E-state index contributed by atoms with van der Waals surface area (Å²) in [5, 5.41) is 0. The number of aromatic nitrogens is 4. The highest BCUT2D eigenvalue weighted by atomic mass is 16.9. The Bertz CT molecular complexity index is 351. The van der Waals surface area contributed by atoms with E-state index < -0.39 is 6.48 Å². The molecule has 86 valence electrons. The van der Waals surface area contributed by atoms with Crippen LogP contribution >= 0.6 is 0 Å². The zero-order valence-electron chi connectivity index (χ0n) is 8.76. The maximum atomic E-state index is 5.33. The van der Waals surface area contributed by atoms with Gasteiger partial charge < -0.3 is 14.4 Å². The molecule has 16 heavy (non-hydrogen) atoms. The number of nitrogens with zero attached hydrogens (tertiary/aromatic N) is 4. The van der Waals surface area contributed by atoms with E-state index >= 15 is 0 Å². The van der Waals surface area contributed by atoms with E-state index in [9.17, 15) is 0 Å². The topological polar surface area (TPSA) is 63.3 Å². The summed E-state index contributed by atoms with van der Waals surface area (Å²) in [6, 6.07) is 0. The first kappa shape index (κ1) is 10.5. The van der Waals surface area contributed by atoms with E-state index in [0.717, 1.165) is 0 Å². The first-order valence-corrected chi connectivity index (χ1v) is 4.80. The quantitative estimate of drug-likeness (QED) is 0.644. The molecule has 0 N–H and O–H groups in total. The van der Waals surface area contributed by atoms with Gasteiger partial charge in [0.05, 0.1) is 19.0 Å². The maximum Gasteiger partial charge on any atom is 0.399 e. The molecule has 0 aliphatic rings. The summed E-state index contributed by atoms with van der Waals surface area (Å²) in [5.41, 5.74) is 0. The van der Waals surface area contributed by atoms with Crippen LogP contribution < -0.4 is 9.68 Å². The molecule has 7 nitrogen and oxygen atoms in total. The Hall–Kier alpha value is -2.02. The summed E-state index contributed by atoms with van der Waals surface area (Å²) in [6.45, 7) is 1.46. The highest BCUT2D eigenvalue weighted by molar-refractivity contribution is 4.71. The van der Waals surface area contributed by atoms with Gasteiger partial charge in [-0.3, -0.25) is 0 Å². The molecule has 0 aliphatic carbocycles. The second kappa shape index (κ2) is 5.17. The van der Waals surface area contributed by atoms with Crippen LogP contribution in [0.2, 0.25) is 0 Å². The van der Waals surface area contributed by atoms with Crippen molar-refractivity contribution in [2.24, 2.45) is 0 Å². The zero-order chi connectivity index (χ0) is 11.2. The Labute approximate surface area is 92.1 Å². The van der Waals surface area contributed by atoms with Crippen LogP contribution in [0, 0.1) is 0 Å². The Morgan fingerprint density at radius 3 is 2.00 bits per heavy atom. The summed E-state index contributed by atoms with van der Waals surface area (Å²) < 4.78 is 8.05. The highest BCUT2D eigenvalue weighted by Crippen LogP contribution is 1.93. The third kappa shape index (κ3) is 2.74. The fraction of sp³-hybridized carbons (Fsp3) is 0.333. The minimum atomic E-state index is -0.853. The molecule has 0 amide bonds. The van der Waals surface area contributed by atoms with Crippen molar-refractivity contribution >= 4 is 0 Å². The van der Waals surface area contributed by atoms with E-state index in [-0.39, 0.29) is 0 Å². The lowest BCUT2D eigenvalue weighted by Crippen LogP contribution is -2.36. The zero-order valence-corrected chi connectivity index (χ0v) is 8.76. The van der Waals surface area contributed by atoms with Gasteiger partial charge in [0.25, 0.3) is 0 Å². The van der Waals surface area contributed by atoms with Crippen LogP contribution in [0.15, 0.2) is 37.4 Å². The van der Waals surface area contributed by atoms with E-state index in [4.69, 9.17) is 14.4 Å². The second-order valence-electron chi connectivity index (χ2n) is 2.80. The smallest absolute Gasteiger partial charge is 0.339 e. The number of hydrogen-bond acceptors (Lipinski definition) is 5. The SMILES string of the molecule is CCOC(On1ccnc1)On1ccnc1. The summed E-state index contributed by atoms with van der Waals surface area (Å²) >= 11 is 0. The van der Waals surface area contributed by atoms with Crippen LogP contribution in [-0.4, -0.2) is 32.5 Å². The van der Waals surface area contributed by atoms with Gasteiger partial charge in [0.1, 0.15) is 12.7 Å². The van der Waals surface area contributed by atoms with Crippen molar-refractivity contribution in [3.8, 4) is 0 Å². The van der Waals surface area contributed by atoms with Gasteiger partial charge in [-0.25, -0.2) is 9.97 Å². The van der Waals surface area contributed by atoms with E-state index in [1.54, 1.807) is 24.8 Å². The second-order valence-corrected chi connectivity index (χ2v) is 2.80. The molecule has 2 rings (SSSR count). The molecule has 2 aromatic rings. The normalized spacial score (nSPS) is 10.6. The van der Waals surface area contributed by atoms with Crippen molar-refractivity contribution in [1.29, 1.82) is 0 Å². The van der Waals surface area contributed by atoms with Crippen molar-refractivity contribution in [2.45, 2.75) is 13.4 Å². The molecular formula is C9H12N4O3. The lowest BCUT2D eigenvalue weighted by Gasteiger charge is -2.18. The average molecular weight is 224 g/mol. The minimum Gasteiger partial charge on any atom is -0.339 e.